The lowest BCUT2D eigenvalue weighted by Gasteiger charge is -2.13. The topological polar surface area (TPSA) is 80.5 Å². The van der Waals surface area contributed by atoms with Gasteiger partial charge in [0.2, 0.25) is 5.96 Å². The SMILES string of the molecule is CCCn1cc(CN=C(NC(=O)c2cc(C)cc(C)c2)Nc2ccc(OCC)cc2)c(C)n1. The molecule has 0 saturated carbocycles. The monoisotopic (exact) mass is 447 g/mol. The Morgan fingerprint density at radius 2 is 1.76 bits per heavy atom. The number of benzene rings is 2. The van der Waals surface area contributed by atoms with E-state index in [0.29, 0.717) is 24.7 Å². The molecule has 1 amide bonds. The Balaban J connectivity index is 1.83. The van der Waals surface area contributed by atoms with Gasteiger partial charge in [-0.1, -0.05) is 24.1 Å². The number of ether oxygens (including phenoxy) is 1. The van der Waals surface area contributed by atoms with Crippen molar-refractivity contribution in [1.29, 1.82) is 0 Å². The first-order valence-corrected chi connectivity index (χ1v) is 11.3. The second kappa shape index (κ2) is 11.3. The van der Waals surface area contributed by atoms with E-state index in [2.05, 4.69) is 27.6 Å². The van der Waals surface area contributed by atoms with Gasteiger partial charge < -0.3 is 10.1 Å². The van der Waals surface area contributed by atoms with E-state index >= 15 is 0 Å². The van der Waals surface area contributed by atoms with Crippen molar-refractivity contribution in [2.75, 3.05) is 11.9 Å². The molecule has 0 radical (unpaired) electrons. The summed E-state index contributed by atoms with van der Waals surface area (Å²) in [5.74, 6) is 0.961. The third-order valence-electron chi connectivity index (χ3n) is 5.05. The van der Waals surface area contributed by atoms with Crippen molar-refractivity contribution in [2.24, 2.45) is 4.99 Å². The van der Waals surface area contributed by atoms with E-state index in [1.54, 1.807) is 0 Å². The number of nitrogens with one attached hydrogen (secondary N) is 2. The lowest BCUT2D eigenvalue weighted by atomic mass is 10.1. The summed E-state index contributed by atoms with van der Waals surface area (Å²) in [6.07, 6.45) is 3.03. The number of carbonyl (C=O) groups excluding carboxylic acids is 1. The van der Waals surface area contributed by atoms with Crippen LogP contribution >= 0.6 is 0 Å². The van der Waals surface area contributed by atoms with Gasteiger partial charge in [0.25, 0.3) is 5.91 Å². The number of aryl methyl sites for hydroxylation is 4. The van der Waals surface area contributed by atoms with E-state index in [0.717, 1.165) is 46.8 Å². The molecule has 1 heterocycles. The van der Waals surface area contributed by atoms with Crippen LogP contribution in [0.4, 0.5) is 5.69 Å². The maximum Gasteiger partial charge on any atom is 0.257 e. The molecular formula is C26H33N5O2. The number of rotatable bonds is 8. The van der Waals surface area contributed by atoms with Crippen LogP contribution in [0.1, 0.15) is 53.0 Å². The Bertz CT molecular complexity index is 1100. The Morgan fingerprint density at radius 1 is 1.06 bits per heavy atom. The van der Waals surface area contributed by atoms with Gasteiger partial charge in [-0.25, -0.2) is 4.99 Å². The van der Waals surface area contributed by atoms with Gasteiger partial charge in [0.15, 0.2) is 0 Å². The normalized spacial score (nSPS) is 11.4. The second-order valence-corrected chi connectivity index (χ2v) is 8.08. The van der Waals surface area contributed by atoms with Gasteiger partial charge in [0.05, 0.1) is 18.8 Å². The van der Waals surface area contributed by atoms with Crippen LogP contribution in [-0.2, 0) is 13.1 Å². The highest BCUT2D eigenvalue weighted by Crippen LogP contribution is 2.16. The van der Waals surface area contributed by atoms with Crippen molar-refractivity contribution < 1.29 is 9.53 Å². The average molecular weight is 448 g/mol. The molecule has 174 valence electrons. The molecule has 0 unspecified atom stereocenters. The summed E-state index contributed by atoms with van der Waals surface area (Å²) in [7, 11) is 0. The molecule has 3 aromatic rings. The van der Waals surface area contributed by atoms with Crippen molar-refractivity contribution >= 4 is 17.6 Å². The zero-order valence-corrected chi connectivity index (χ0v) is 20.1. The van der Waals surface area contributed by atoms with E-state index in [1.165, 1.54) is 0 Å². The van der Waals surface area contributed by atoms with Gasteiger partial charge in [-0.15, -0.1) is 0 Å². The zero-order chi connectivity index (χ0) is 23.8. The van der Waals surface area contributed by atoms with Crippen LogP contribution in [0, 0.1) is 20.8 Å². The number of anilines is 1. The van der Waals surface area contributed by atoms with Crippen LogP contribution in [0.3, 0.4) is 0 Å². The third kappa shape index (κ3) is 6.94. The molecule has 1 aromatic heterocycles. The van der Waals surface area contributed by atoms with Gasteiger partial charge in [-0.05, 0) is 70.5 Å². The van der Waals surface area contributed by atoms with Crippen LogP contribution in [0.2, 0.25) is 0 Å². The van der Waals surface area contributed by atoms with Crippen molar-refractivity contribution in [2.45, 2.75) is 54.1 Å². The predicted octanol–water partition coefficient (Wildman–Crippen LogP) is 5.02. The molecule has 2 aromatic carbocycles. The van der Waals surface area contributed by atoms with Crippen molar-refractivity contribution in [3.05, 3.63) is 76.6 Å². The number of nitrogens with zero attached hydrogens (tertiary/aromatic N) is 3. The molecule has 0 fully saturated rings. The van der Waals surface area contributed by atoms with Crippen molar-refractivity contribution in [1.82, 2.24) is 15.1 Å². The highest BCUT2D eigenvalue weighted by atomic mass is 16.5. The zero-order valence-electron chi connectivity index (χ0n) is 20.1. The molecule has 0 aliphatic carbocycles. The molecule has 0 saturated heterocycles. The molecule has 7 nitrogen and oxygen atoms in total. The van der Waals surface area contributed by atoms with Gasteiger partial charge in [0.1, 0.15) is 5.75 Å². The van der Waals surface area contributed by atoms with Gasteiger partial charge in [0, 0.05) is 29.6 Å². The third-order valence-corrected chi connectivity index (χ3v) is 5.05. The van der Waals surface area contributed by atoms with Crippen LogP contribution in [0.25, 0.3) is 0 Å². The molecule has 0 aliphatic heterocycles. The Labute approximate surface area is 195 Å². The summed E-state index contributed by atoms with van der Waals surface area (Å²) >= 11 is 0. The van der Waals surface area contributed by atoms with Gasteiger partial charge >= 0.3 is 0 Å². The lowest BCUT2D eigenvalue weighted by Crippen LogP contribution is -2.36. The fraction of sp³-hybridized carbons (Fsp3) is 0.346. The largest absolute Gasteiger partial charge is 0.494 e. The molecule has 7 heteroatoms. The smallest absolute Gasteiger partial charge is 0.257 e. The molecule has 0 spiro atoms. The molecule has 0 bridgehead atoms. The molecular weight excluding hydrogens is 414 g/mol. The standard InChI is InChI=1S/C26H33N5O2/c1-6-12-31-17-22(20(5)30-31)16-27-26(28-23-8-10-24(11-9-23)33-7-2)29-25(32)21-14-18(3)13-19(4)15-21/h8-11,13-15,17H,6-7,12,16H2,1-5H3,(H2,27,28,29,32). The number of aromatic nitrogens is 2. The highest BCUT2D eigenvalue weighted by molar-refractivity contribution is 6.10. The average Bonchev–Trinajstić information content (AvgIpc) is 3.12. The number of guanidine groups is 1. The molecule has 3 rings (SSSR count). The second-order valence-electron chi connectivity index (χ2n) is 8.08. The number of hydrogen-bond acceptors (Lipinski definition) is 4. The fourth-order valence-corrected chi connectivity index (χ4v) is 3.56. The van der Waals surface area contributed by atoms with Crippen LogP contribution < -0.4 is 15.4 Å². The van der Waals surface area contributed by atoms with Gasteiger partial charge in [-0.2, -0.15) is 5.10 Å². The molecule has 33 heavy (non-hydrogen) atoms. The highest BCUT2D eigenvalue weighted by Gasteiger charge is 2.12. The van der Waals surface area contributed by atoms with Crippen LogP contribution in [0.5, 0.6) is 5.75 Å². The lowest BCUT2D eigenvalue weighted by molar-refractivity contribution is 0.0976. The quantitative estimate of drug-likeness (QED) is 0.375. The summed E-state index contributed by atoms with van der Waals surface area (Å²) in [5.41, 5.74) is 5.44. The van der Waals surface area contributed by atoms with Crippen molar-refractivity contribution in [3.8, 4) is 5.75 Å². The van der Waals surface area contributed by atoms with E-state index in [4.69, 9.17) is 4.74 Å². The summed E-state index contributed by atoms with van der Waals surface area (Å²) in [5, 5.41) is 10.7. The molecule has 0 atom stereocenters. The first-order valence-electron chi connectivity index (χ1n) is 11.3. The molecule has 2 N–H and O–H groups in total. The number of hydrogen-bond donors (Lipinski definition) is 2. The predicted molar refractivity (Wildman–Crippen MR) is 133 cm³/mol. The van der Waals surface area contributed by atoms with Crippen LogP contribution in [-0.4, -0.2) is 28.3 Å². The Kier molecular flexibility index (Phi) is 8.24. The first kappa shape index (κ1) is 24.0. The van der Waals surface area contributed by atoms with E-state index in [1.807, 2.05) is 81.0 Å². The Hall–Kier alpha value is -3.61. The summed E-state index contributed by atoms with van der Waals surface area (Å²) < 4.78 is 7.45. The summed E-state index contributed by atoms with van der Waals surface area (Å²) in [4.78, 5) is 17.7. The maximum absolute atomic E-state index is 13.0. The fourth-order valence-electron chi connectivity index (χ4n) is 3.56. The van der Waals surface area contributed by atoms with E-state index < -0.39 is 0 Å². The van der Waals surface area contributed by atoms with Crippen molar-refractivity contribution in [3.63, 3.8) is 0 Å². The molecule has 0 aliphatic rings. The maximum atomic E-state index is 13.0. The van der Waals surface area contributed by atoms with Gasteiger partial charge in [-0.3, -0.25) is 14.8 Å². The van der Waals surface area contributed by atoms with E-state index in [9.17, 15) is 4.79 Å². The number of carbonyl (C=O) groups is 1. The minimum atomic E-state index is -0.211. The summed E-state index contributed by atoms with van der Waals surface area (Å²) in [6, 6.07) is 13.3. The Morgan fingerprint density at radius 3 is 2.39 bits per heavy atom. The minimum Gasteiger partial charge on any atom is -0.494 e. The first-order chi connectivity index (χ1) is 15.9. The number of amides is 1. The van der Waals surface area contributed by atoms with Crippen LogP contribution in [0.15, 0.2) is 53.7 Å². The number of aliphatic imine (C=N–C) groups is 1. The summed E-state index contributed by atoms with van der Waals surface area (Å²) in [6.45, 7) is 11.9. The van der Waals surface area contributed by atoms with E-state index in [-0.39, 0.29) is 5.91 Å². The minimum absolute atomic E-state index is 0.211.